The first-order valence-corrected chi connectivity index (χ1v) is 8.24. The van der Waals surface area contributed by atoms with Gasteiger partial charge in [-0.25, -0.2) is 0 Å². The maximum absolute atomic E-state index is 11.1. The van der Waals surface area contributed by atoms with Crippen LogP contribution in [0, 0.1) is 0 Å². The SMILES string of the molecule is CC(=O)Nc1ccc(-c2cncc(-n3nnc(-c4ccccn4)n3)c2)cc1. The Labute approximate surface area is 154 Å². The third-order valence-electron chi connectivity index (χ3n) is 3.80. The number of hydrogen-bond acceptors (Lipinski definition) is 6. The van der Waals surface area contributed by atoms with E-state index in [4.69, 9.17) is 0 Å². The van der Waals surface area contributed by atoms with Crippen LogP contribution >= 0.6 is 0 Å². The normalized spacial score (nSPS) is 10.6. The first-order valence-electron chi connectivity index (χ1n) is 8.24. The van der Waals surface area contributed by atoms with Gasteiger partial charge in [0.25, 0.3) is 0 Å². The fourth-order valence-corrected chi connectivity index (χ4v) is 2.57. The fraction of sp³-hybridized carbons (Fsp3) is 0.0526. The first kappa shape index (κ1) is 16.5. The number of rotatable bonds is 4. The first-order chi connectivity index (χ1) is 13.2. The molecule has 8 nitrogen and oxygen atoms in total. The molecule has 0 aliphatic carbocycles. The number of benzene rings is 1. The molecular weight excluding hydrogens is 342 g/mol. The van der Waals surface area contributed by atoms with Gasteiger partial charge in [-0.3, -0.25) is 14.8 Å². The molecule has 8 heteroatoms. The number of tetrazole rings is 1. The molecule has 0 bridgehead atoms. The zero-order valence-corrected chi connectivity index (χ0v) is 14.4. The quantitative estimate of drug-likeness (QED) is 0.603. The van der Waals surface area contributed by atoms with Crippen molar-refractivity contribution in [3.05, 3.63) is 67.1 Å². The van der Waals surface area contributed by atoms with Gasteiger partial charge in [-0.15, -0.1) is 15.0 Å². The summed E-state index contributed by atoms with van der Waals surface area (Å²) in [6.45, 7) is 1.48. The number of carbonyl (C=O) groups is 1. The van der Waals surface area contributed by atoms with Crippen LogP contribution in [0.25, 0.3) is 28.3 Å². The number of nitrogens with one attached hydrogen (secondary N) is 1. The van der Waals surface area contributed by atoms with Crippen molar-refractivity contribution >= 4 is 11.6 Å². The van der Waals surface area contributed by atoms with Crippen molar-refractivity contribution in [1.82, 2.24) is 30.2 Å². The third-order valence-corrected chi connectivity index (χ3v) is 3.80. The lowest BCUT2D eigenvalue weighted by Crippen LogP contribution is -2.05. The van der Waals surface area contributed by atoms with Crippen molar-refractivity contribution in [3.63, 3.8) is 0 Å². The second-order valence-corrected chi connectivity index (χ2v) is 5.81. The average Bonchev–Trinajstić information content (AvgIpc) is 3.19. The summed E-state index contributed by atoms with van der Waals surface area (Å²) in [4.78, 5) is 21.1. The smallest absolute Gasteiger partial charge is 0.223 e. The Kier molecular flexibility index (Phi) is 4.36. The van der Waals surface area contributed by atoms with Crippen LogP contribution in [0.4, 0.5) is 5.69 Å². The van der Waals surface area contributed by atoms with Crippen molar-refractivity contribution in [3.8, 4) is 28.3 Å². The van der Waals surface area contributed by atoms with Crippen LogP contribution in [0.15, 0.2) is 67.1 Å². The minimum atomic E-state index is -0.104. The number of hydrogen-bond donors (Lipinski definition) is 1. The molecule has 1 N–H and O–H groups in total. The largest absolute Gasteiger partial charge is 0.326 e. The van der Waals surface area contributed by atoms with Crippen LogP contribution in [0.5, 0.6) is 0 Å². The molecular formula is C19H15N7O. The molecule has 0 aliphatic rings. The van der Waals surface area contributed by atoms with Gasteiger partial charge in [-0.1, -0.05) is 18.2 Å². The second-order valence-electron chi connectivity index (χ2n) is 5.81. The monoisotopic (exact) mass is 357 g/mol. The summed E-state index contributed by atoms with van der Waals surface area (Å²) in [5.74, 6) is 0.341. The molecule has 0 saturated heterocycles. The van der Waals surface area contributed by atoms with Gasteiger partial charge in [0.05, 0.1) is 6.20 Å². The number of amides is 1. The highest BCUT2D eigenvalue weighted by molar-refractivity contribution is 5.89. The van der Waals surface area contributed by atoms with Crippen LogP contribution in [-0.4, -0.2) is 36.1 Å². The summed E-state index contributed by atoms with van der Waals surface area (Å²) in [7, 11) is 0. The Bertz CT molecular complexity index is 1070. The molecule has 27 heavy (non-hydrogen) atoms. The summed E-state index contributed by atoms with van der Waals surface area (Å²) >= 11 is 0. The number of carbonyl (C=O) groups excluding carboxylic acids is 1. The lowest BCUT2D eigenvalue weighted by Gasteiger charge is -2.06. The number of aromatic nitrogens is 6. The predicted octanol–water partition coefficient (Wildman–Crippen LogP) is 2.74. The number of nitrogens with zero attached hydrogens (tertiary/aromatic N) is 6. The molecule has 4 aromatic rings. The van der Waals surface area contributed by atoms with E-state index in [1.54, 1.807) is 18.6 Å². The second kappa shape index (κ2) is 7.12. The molecule has 0 saturated carbocycles. The topological polar surface area (TPSA) is 98.5 Å². The van der Waals surface area contributed by atoms with E-state index < -0.39 is 0 Å². The number of pyridine rings is 2. The van der Waals surface area contributed by atoms with Crippen LogP contribution in [0.1, 0.15) is 6.92 Å². The molecule has 0 fully saturated rings. The summed E-state index contributed by atoms with van der Waals surface area (Å²) in [6, 6.07) is 15.0. The highest BCUT2D eigenvalue weighted by atomic mass is 16.1. The molecule has 132 valence electrons. The van der Waals surface area contributed by atoms with E-state index in [0.29, 0.717) is 17.2 Å². The Morgan fingerprint density at radius 2 is 1.89 bits per heavy atom. The van der Waals surface area contributed by atoms with E-state index in [-0.39, 0.29) is 5.91 Å². The van der Waals surface area contributed by atoms with E-state index in [1.807, 2.05) is 48.5 Å². The minimum absolute atomic E-state index is 0.104. The molecule has 4 rings (SSSR count). The van der Waals surface area contributed by atoms with E-state index in [2.05, 4.69) is 30.7 Å². The molecule has 3 aromatic heterocycles. The van der Waals surface area contributed by atoms with E-state index in [9.17, 15) is 4.79 Å². The van der Waals surface area contributed by atoms with Crippen molar-refractivity contribution in [2.45, 2.75) is 6.92 Å². The van der Waals surface area contributed by atoms with Crippen molar-refractivity contribution in [2.75, 3.05) is 5.32 Å². The van der Waals surface area contributed by atoms with Crippen LogP contribution in [0.3, 0.4) is 0 Å². The molecule has 1 amide bonds. The van der Waals surface area contributed by atoms with E-state index >= 15 is 0 Å². The summed E-state index contributed by atoms with van der Waals surface area (Å²) in [5.41, 5.74) is 3.95. The van der Waals surface area contributed by atoms with Crippen molar-refractivity contribution in [2.24, 2.45) is 0 Å². The standard InChI is InChI=1S/C19H15N7O/c1-13(27)22-16-7-5-14(6-8-16)15-10-17(12-20-11-15)26-24-19(23-25-26)18-4-2-3-9-21-18/h2-12H,1H3,(H,22,27). The average molecular weight is 357 g/mol. The minimum Gasteiger partial charge on any atom is -0.326 e. The highest BCUT2D eigenvalue weighted by Crippen LogP contribution is 2.22. The number of anilines is 1. The predicted molar refractivity (Wildman–Crippen MR) is 99.9 cm³/mol. The third kappa shape index (κ3) is 3.69. The van der Waals surface area contributed by atoms with Gasteiger partial charge < -0.3 is 5.32 Å². The summed E-state index contributed by atoms with van der Waals surface area (Å²) < 4.78 is 0. The van der Waals surface area contributed by atoms with Gasteiger partial charge in [0.15, 0.2) is 0 Å². The Balaban J connectivity index is 1.61. The molecule has 0 unspecified atom stereocenters. The molecule has 1 aromatic carbocycles. The Hall–Kier alpha value is -3.94. The lowest BCUT2D eigenvalue weighted by molar-refractivity contribution is -0.114. The van der Waals surface area contributed by atoms with E-state index in [1.165, 1.54) is 11.7 Å². The van der Waals surface area contributed by atoms with Crippen molar-refractivity contribution < 1.29 is 4.79 Å². The Morgan fingerprint density at radius 3 is 2.63 bits per heavy atom. The zero-order valence-electron chi connectivity index (χ0n) is 14.4. The van der Waals surface area contributed by atoms with Gasteiger partial charge >= 0.3 is 0 Å². The molecule has 0 atom stereocenters. The Morgan fingerprint density at radius 1 is 1.04 bits per heavy atom. The van der Waals surface area contributed by atoms with Gasteiger partial charge in [0, 0.05) is 30.6 Å². The zero-order chi connectivity index (χ0) is 18.6. The van der Waals surface area contributed by atoms with Gasteiger partial charge in [-0.2, -0.15) is 0 Å². The fourth-order valence-electron chi connectivity index (χ4n) is 2.57. The van der Waals surface area contributed by atoms with Crippen LogP contribution in [-0.2, 0) is 4.79 Å². The lowest BCUT2D eigenvalue weighted by atomic mass is 10.1. The molecule has 0 aliphatic heterocycles. The highest BCUT2D eigenvalue weighted by Gasteiger charge is 2.09. The molecule has 0 radical (unpaired) electrons. The van der Waals surface area contributed by atoms with Crippen molar-refractivity contribution in [1.29, 1.82) is 0 Å². The maximum atomic E-state index is 11.1. The summed E-state index contributed by atoms with van der Waals surface area (Å²) in [5, 5.41) is 15.3. The van der Waals surface area contributed by atoms with Gasteiger partial charge in [0.2, 0.25) is 11.7 Å². The van der Waals surface area contributed by atoms with Gasteiger partial charge in [-0.05, 0) is 41.1 Å². The molecule has 3 heterocycles. The summed E-state index contributed by atoms with van der Waals surface area (Å²) in [6.07, 6.45) is 5.11. The van der Waals surface area contributed by atoms with Crippen LogP contribution in [0.2, 0.25) is 0 Å². The van der Waals surface area contributed by atoms with E-state index in [0.717, 1.165) is 16.8 Å². The maximum Gasteiger partial charge on any atom is 0.223 e. The molecule has 0 spiro atoms. The van der Waals surface area contributed by atoms with Gasteiger partial charge in [0.1, 0.15) is 11.4 Å². The van der Waals surface area contributed by atoms with Crippen LogP contribution < -0.4 is 5.32 Å².